The van der Waals surface area contributed by atoms with Crippen LogP contribution >= 0.6 is 0 Å². The molecule has 0 aliphatic carbocycles. The number of carbonyl (C=O) groups is 1. The Morgan fingerprint density at radius 3 is 2.15 bits per heavy atom. The first-order chi connectivity index (χ1) is 15.7. The Bertz CT molecular complexity index is 1390. The maximum Gasteiger partial charge on any atom is 0.261 e. The molecule has 0 spiro atoms. The lowest BCUT2D eigenvalue weighted by molar-refractivity contribution is 0.102. The van der Waals surface area contributed by atoms with Gasteiger partial charge in [0.05, 0.1) is 27.7 Å². The largest absolute Gasteiger partial charge is 0.320 e. The second kappa shape index (κ2) is 8.83. The molecule has 0 unspecified atom stereocenters. The molecular formula is C22H20FN3O5S2. The van der Waals surface area contributed by atoms with Crippen molar-refractivity contribution in [1.29, 1.82) is 0 Å². The molecule has 0 bridgehead atoms. The van der Waals surface area contributed by atoms with Gasteiger partial charge in [-0.2, -0.15) is 0 Å². The van der Waals surface area contributed by atoms with Gasteiger partial charge in [0.2, 0.25) is 10.0 Å². The van der Waals surface area contributed by atoms with E-state index < -0.39 is 31.8 Å². The minimum absolute atomic E-state index is 0.0971. The monoisotopic (exact) mass is 489 g/mol. The fraction of sp³-hybridized carbons (Fsp3) is 0.136. The Balaban J connectivity index is 1.52. The van der Waals surface area contributed by atoms with Crippen molar-refractivity contribution in [2.75, 3.05) is 26.6 Å². The van der Waals surface area contributed by atoms with Gasteiger partial charge in [-0.15, -0.1) is 0 Å². The molecule has 0 aromatic heterocycles. The molecule has 3 aromatic carbocycles. The number of para-hydroxylation sites is 2. The number of anilines is 3. The molecule has 0 radical (unpaired) electrons. The first-order valence-corrected chi connectivity index (χ1v) is 13.0. The van der Waals surface area contributed by atoms with E-state index in [-0.39, 0.29) is 27.6 Å². The molecule has 8 nitrogen and oxygen atoms in total. The summed E-state index contributed by atoms with van der Waals surface area (Å²) in [6.45, 7) is 0.398. The molecular weight excluding hydrogens is 469 g/mol. The number of nitrogens with one attached hydrogen (secondary N) is 2. The molecule has 1 aliphatic rings. The van der Waals surface area contributed by atoms with Crippen molar-refractivity contribution < 1.29 is 26.0 Å². The molecule has 0 atom stereocenters. The molecule has 2 N–H and O–H groups in total. The summed E-state index contributed by atoms with van der Waals surface area (Å²) in [5.74, 6) is -0.964. The lowest BCUT2D eigenvalue weighted by Gasteiger charge is -2.17. The fourth-order valence-corrected chi connectivity index (χ4v) is 6.05. The number of sulfonamides is 2. The van der Waals surface area contributed by atoms with Gasteiger partial charge in [-0.3, -0.25) is 13.8 Å². The Morgan fingerprint density at radius 2 is 1.55 bits per heavy atom. The molecule has 3 aromatic rings. The van der Waals surface area contributed by atoms with E-state index in [1.54, 1.807) is 24.3 Å². The Hall–Kier alpha value is -3.44. The van der Waals surface area contributed by atoms with Crippen molar-refractivity contribution in [2.45, 2.75) is 11.3 Å². The van der Waals surface area contributed by atoms with E-state index in [0.29, 0.717) is 18.7 Å². The first kappa shape index (κ1) is 22.7. The standard InChI is InChI=1S/C22H20FN3O5S2/c23-17-8-12-19(13-9-17)33(30,31)25-21-5-2-1-4-20(21)24-22(27)16-6-10-18(11-7-16)26-14-3-15-32(26,28)29/h1-2,4-13,25H,3,14-15H2,(H,24,27). The molecule has 172 valence electrons. The van der Waals surface area contributed by atoms with Gasteiger partial charge >= 0.3 is 0 Å². The van der Waals surface area contributed by atoms with E-state index in [4.69, 9.17) is 0 Å². The zero-order chi connectivity index (χ0) is 23.6. The van der Waals surface area contributed by atoms with Gasteiger partial charge in [-0.05, 0) is 67.1 Å². The third-order valence-electron chi connectivity index (χ3n) is 5.06. The minimum Gasteiger partial charge on any atom is -0.320 e. The van der Waals surface area contributed by atoms with Gasteiger partial charge < -0.3 is 5.32 Å². The van der Waals surface area contributed by atoms with Gasteiger partial charge in [-0.25, -0.2) is 21.2 Å². The molecule has 33 heavy (non-hydrogen) atoms. The number of hydrogen-bond donors (Lipinski definition) is 2. The van der Waals surface area contributed by atoms with Crippen LogP contribution < -0.4 is 14.3 Å². The zero-order valence-electron chi connectivity index (χ0n) is 17.2. The van der Waals surface area contributed by atoms with Crippen molar-refractivity contribution >= 4 is 43.0 Å². The Morgan fingerprint density at radius 1 is 0.909 bits per heavy atom. The summed E-state index contributed by atoms with van der Waals surface area (Å²) in [7, 11) is -7.33. The molecule has 0 saturated carbocycles. The molecule has 1 saturated heterocycles. The SMILES string of the molecule is O=C(Nc1ccccc1NS(=O)(=O)c1ccc(F)cc1)c1ccc(N2CCCS2(=O)=O)cc1. The van der Waals surface area contributed by atoms with E-state index in [0.717, 1.165) is 24.3 Å². The van der Waals surface area contributed by atoms with Gasteiger partial charge in [0.1, 0.15) is 5.82 Å². The van der Waals surface area contributed by atoms with Crippen molar-refractivity contribution in [1.82, 2.24) is 0 Å². The highest BCUT2D eigenvalue weighted by molar-refractivity contribution is 7.93. The van der Waals surface area contributed by atoms with Gasteiger partial charge in [0.25, 0.3) is 15.9 Å². The van der Waals surface area contributed by atoms with Crippen LogP contribution in [0.1, 0.15) is 16.8 Å². The number of hydrogen-bond acceptors (Lipinski definition) is 5. The van der Waals surface area contributed by atoms with E-state index in [1.807, 2.05) is 0 Å². The smallest absolute Gasteiger partial charge is 0.261 e. The van der Waals surface area contributed by atoms with Crippen LogP contribution in [0.3, 0.4) is 0 Å². The zero-order valence-corrected chi connectivity index (χ0v) is 18.9. The van der Waals surface area contributed by atoms with Crippen LogP contribution in [0.25, 0.3) is 0 Å². The normalized spacial score (nSPS) is 15.2. The Kier molecular flexibility index (Phi) is 6.09. The average molecular weight is 490 g/mol. The van der Waals surface area contributed by atoms with Crippen LogP contribution in [-0.2, 0) is 20.0 Å². The van der Waals surface area contributed by atoms with Crippen LogP contribution in [-0.4, -0.2) is 35.0 Å². The quantitative estimate of drug-likeness (QED) is 0.551. The van der Waals surface area contributed by atoms with Crippen LogP contribution in [0.5, 0.6) is 0 Å². The number of amides is 1. The predicted molar refractivity (Wildman–Crippen MR) is 124 cm³/mol. The van der Waals surface area contributed by atoms with Crippen molar-refractivity contribution in [3.8, 4) is 0 Å². The summed E-state index contributed by atoms with van der Waals surface area (Å²) >= 11 is 0. The number of carbonyl (C=O) groups excluding carboxylic acids is 1. The van der Waals surface area contributed by atoms with E-state index in [2.05, 4.69) is 10.0 Å². The van der Waals surface area contributed by atoms with Crippen LogP contribution in [0.2, 0.25) is 0 Å². The van der Waals surface area contributed by atoms with E-state index >= 15 is 0 Å². The molecule has 1 fully saturated rings. The number of halogens is 1. The van der Waals surface area contributed by atoms with E-state index in [9.17, 15) is 26.0 Å². The Labute approximate surface area is 191 Å². The first-order valence-electron chi connectivity index (χ1n) is 9.95. The highest BCUT2D eigenvalue weighted by Crippen LogP contribution is 2.27. The second-order valence-electron chi connectivity index (χ2n) is 7.35. The van der Waals surface area contributed by atoms with Crippen LogP contribution in [0.4, 0.5) is 21.5 Å². The summed E-state index contributed by atoms with van der Waals surface area (Å²) in [5.41, 5.74) is 1.11. The average Bonchev–Trinajstić information content (AvgIpc) is 3.14. The molecule has 1 aliphatic heterocycles. The van der Waals surface area contributed by atoms with Crippen molar-refractivity contribution in [3.05, 3.63) is 84.2 Å². The van der Waals surface area contributed by atoms with Crippen molar-refractivity contribution in [2.24, 2.45) is 0 Å². The summed E-state index contributed by atoms with van der Waals surface area (Å²) in [6.07, 6.45) is 0.551. The highest BCUT2D eigenvalue weighted by Gasteiger charge is 2.28. The topological polar surface area (TPSA) is 113 Å². The van der Waals surface area contributed by atoms with Gasteiger partial charge in [0.15, 0.2) is 0 Å². The third kappa shape index (κ3) is 4.99. The molecule has 4 rings (SSSR count). The number of rotatable bonds is 6. The van der Waals surface area contributed by atoms with Crippen LogP contribution in [0.15, 0.2) is 77.7 Å². The maximum atomic E-state index is 13.1. The predicted octanol–water partition coefficient (Wildman–Crippen LogP) is 3.42. The van der Waals surface area contributed by atoms with Crippen LogP contribution in [0, 0.1) is 5.82 Å². The lowest BCUT2D eigenvalue weighted by atomic mass is 10.2. The highest BCUT2D eigenvalue weighted by atomic mass is 32.2. The van der Waals surface area contributed by atoms with E-state index in [1.165, 1.54) is 28.6 Å². The summed E-state index contributed by atoms with van der Waals surface area (Å²) in [4.78, 5) is 12.6. The molecule has 1 heterocycles. The second-order valence-corrected chi connectivity index (χ2v) is 11.0. The lowest BCUT2D eigenvalue weighted by Crippen LogP contribution is -2.25. The van der Waals surface area contributed by atoms with Crippen molar-refractivity contribution in [3.63, 3.8) is 0 Å². The van der Waals surface area contributed by atoms with Gasteiger partial charge in [0, 0.05) is 12.1 Å². The minimum atomic E-state index is -4.01. The van der Waals surface area contributed by atoms with Gasteiger partial charge in [-0.1, -0.05) is 12.1 Å². The summed E-state index contributed by atoms with van der Waals surface area (Å²) in [5, 5.41) is 2.66. The molecule has 1 amide bonds. The third-order valence-corrected chi connectivity index (χ3v) is 8.31. The number of benzene rings is 3. The summed E-state index contributed by atoms with van der Waals surface area (Å²) in [6, 6.07) is 16.7. The summed E-state index contributed by atoms with van der Waals surface area (Å²) < 4.78 is 66.2. The molecule has 11 heteroatoms. The fourth-order valence-electron chi connectivity index (χ4n) is 3.40. The number of nitrogens with zero attached hydrogens (tertiary/aromatic N) is 1. The maximum absolute atomic E-state index is 13.1.